The minimum atomic E-state index is -0.298. The molecule has 0 radical (unpaired) electrons. The summed E-state index contributed by atoms with van der Waals surface area (Å²) in [7, 11) is 0. The van der Waals surface area contributed by atoms with Crippen LogP contribution in [0.5, 0.6) is 5.75 Å². The van der Waals surface area contributed by atoms with Crippen LogP contribution in [0.4, 0.5) is 5.69 Å². The van der Waals surface area contributed by atoms with Gasteiger partial charge in [0.1, 0.15) is 5.75 Å². The summed E-state index contributed by atoms with van der Waals surface area (Å²) < 4.78 is 11.8. The molecule has 2 aromatic rings. The number of hydrogen-bond acceptors (Lipinski definition) is 4. The molecule has 1 saturated heterocycles. The standard InChI is InChI=1S/C21H23BrN2O4/c1-14(2)28-19-7-6-16(22)13-18(19)20(25)23-17-5-3-4-15(12-17)21(26)24-8-10-27-11-9-24/h3-7,12-14H,8-11H2,1-2H3,(H,23,25). The summed E-state index contributed by atoms with van der Waals surface area (Å²) in [4.78, 5) is 27.2. The van der Waals surface area contributed by atoms with Crippen molar-refractivity contribution in [1.29, 1.82) is 0 Å². The zero-order chi connectivity index (χ0) is 20.1. The molecule has 148 valence electrons. The Morgan fingerprint density at radius 2 is 1.89 bits per heavy atom. The van der Waals surface area contributed by atoms with Crippen molar-refractivity contribution >= 4 is 33.4 Å². The Morgan fingerprint density at radius 1 is 1.14 bits per heavy atom. The van der Waals surface area contributed by atoms with Gasteiger partial charge in [-0.15, -0.1) is 0 Å². The maximum Gasteiger partial charge on any atom is 0.259 e. The van der Waals surface area contributed by atoms with Crippen LogP contribution in [0.15, 0.2) is 46.9 Å². The lowest BCUT2D eigenvalue weighted by molar-refractivity contribution is 0.0303. The average Bonchev–Trinajstić information content (AvgIpc) is 2.69. The lowest BCUT2D eigenvalue weighted by atomic mass is 10.1. The van der Waals surface area contributed by atoms with Gasteiger partial charge < -0.3 is 19.7 Å². The fraction of sp³-hybridized carbons (Fsp3) is 0.333. The predicted octanol–water partition coefficient (Wildman–Crippen LogP) is 3.96. The van der Waals surface area contributed by atoms with Crippen molar-refractivity contribution in [1.82, 2.24) is 4.90 Å². The van der Waals surface area contributed by atoms with Crippen LogP contribution in [-0.4, -0.2) is 49.1 Å². The molecule has 6 nitrogen and oxygen atoms in total. The largest absolute Gasteiger partial charge is 0.490 e. The fourth-order valence-electron chi connectivity index (χ4n) is 2.91. The Morgan fingerprint density at radius 3 is 2.61 bits per heavy atom. The van der Waals surface area contributed by atoms with Gasteiger partial charge in [0.05, 0.1) is 24.9 Å². The first kappa shape index (κ1) is 20.4. The van der Waals surface area contributed by atoms with E-state index < -0.39 is 0 Å². The van der Waals surface area contributed by atoms with Crippen molar-refractivity contribution in [2.45, 2.75) is 20.0 Å². The second-order valence-corrected chi connectivity index (χ2v) is 7.66. The van der Waals surface area contributed by atoms with E-state index in [0.29, 0.717) is 48.9 Å². The van der Waals surface area contributed by atoms with Gasteiger partial charge >= 0.3 is 0 Å². The number of morpholine rings is 1. The first-order chi connectivity index (χ1) is 13.4. The smallest absolute Gasteiger partial charge is 0.259 e. The molecule has 7 heteroatoms. The van der Waals surface area contributed by atoms with Crippen molar-refractivity contribution in [3.05, 3.63) is 58.1 Å². The first-order valence-electron chi connectivity index (χ1n) is 9.18. The van der Waals surface area contributed by atoms with Crippen LogP contribution >= 0.6 is 15.9 Å². The Hall–Kier alpha value is -2.38. The highest BCUT2D eigenvalue weighted by Crippen LogP contribution is 2.25. The molecular weight excluding hydrogens is 424 g/mol. The average molecular weight is 447 g/mol. The van der Waals surface area contributed by atoms with Crippen molar-refractivity contribution in [2.75, 3.05) is 31.6 Å². The summed E-state index contributed by atoms with van der Waals surface area (Å²) in [5.41, 5.74) is 1.51. The minimum absolute atomic E-state index is 0.0535. The van der Waals surface area contributed by atoms with Gasteiger partial charge in [-0.05, 0) is 50.2 Å². The quantitative estimate of drug-likeness (QED) is 0.754. The lowest BCUT2D eigenvalue weighted by Gasteiger charge is -2.27. The van der Waals surface area contributed by atoms with E-state index in [4.69, 9.17) is 9.47 Å². The molecule has 2 amide bonds. The van der Waals surface area contributed by atoms with Crippen LogP contribution in [-0.2, 0) is 4.74 Å². The molecule has 2 aromatic carbocycles. The molecule has 1 aliphatic rings. The van der Waals surface area contributed by atoms with Crippen LogP contribution in [0.3, 0.4) is 0 Å². The molecule has 1 fully saturated rings. The summed E-state index contributed by atoms with van der Waals surface area (Å²) in [5, 5.41) is 2.86. The fourth-order valence-corrected chi connectivity index (χ4v) is 3.27. The highest BCUT2D eigenvalue weighted by atomic mass is 79.9. The maximum atomic E-state index is 12.8. The van der Waals surface area contributed by atoms with E-state index in [1.807, 2.05) is 19.9 Å². The van der Waals surface area contributed by atoms with Gasteiger partial charge in [0.15, 0.2) is 0 Å². The third kappa shape index (κ3) is 5.11. The monoisotopic (exact) mass is 446 g/mol. The molecule has 0 aliphatic carbocycles. The molecule has 3 rings (SSSR count). The summed E-state index contributed by atoms with van der Waals surface area (Å²) >= 11 is 3.40. The number of carbonyl (C=O) groups excluding carboxylic acids is 2. The highest BCUT2D eigenvalue weighted by molar-refractivity contribution is 9.10. The minimum Gasteiger partial charge on any atom is -0.490 e. The maximum absolute atomic E-state index is 12.8. The zero-order valence-electron chi connectivity index (χ0n) is 15.9. The number of anilines is 1. The van der Waals surface area contributed by atoms with Gasteiger partial charge in [-0.3, -0.25) is 9.59 Å². The van der Waals surface area contributed by atoms with Crippen molar-refractivity contribution in [2.24, 2.45) is 0 Å². The van der Waals surface area contributed by atoms with Gasteiger partial charge in [-0.1, -0.05) is 22.0 Å². The highest BCUT2D eigenvalue weighted by Gasteiger charge is 2.19. The zero-order valence-corrected chi connectivity index (χ0v) is 17.5. The van der Waals surface area contributed by atoms with E-state index in [-0.39, 0.29) is 17.9 Å². The van der Waals surface area contributed by atoms with Gasteiger partial charge in [-0.25, -0.2) is 0 Å². The third-order valence-corrected chi connectivity index (χ3v) is 4.71. The number of carbonyl (C=O) groups is 2. The molecule has 0 atom stereocenters. The lowest BCUT2D eigenvalue weighted by Crippen LogP contribution is -2.40. The molecular formula is C21H23BrN2O4. The molecule has 0 spiro atoms. The Kier molecular flexibility index (Phi) is 6.70. The van der Waals surface area contributed by atoms with Crippen LogP contribution in [0, 0.1) is 0 Å². The number of nitrogens with one attached hydrogen (secondary N) is 1. The van der Waals surface area contributed by atoms with Gasteiger partial charge in [0, 0.05) is 28.8 Å². The normalized spacial score (nSPS) is 14.1. The van der Waals surface area contributed by atoms with Gasteiger partial charge in [0.25, 0.3) is 11.8 Å². The summed E-state index contributed by atoms with van der Waals surface area (Å²) in [6.07, 6.45) is -0.0535. The molecule has 1 aliphatic heterocycles. The number of nitrogens with zero attached hydrogens (tertiary/aromatic N) is 1. The number of halogens is 1. The number of rotatable bonds is 5. The van der Waals surface area contributed by atoms with Crippen molar-refractivity contribution in [3.63, 3.8) is 0 Å². The van der Waals surface area contributed by atoms with E-state index in [1.54, 1.807) is 41.3 Å². The van der Waals surface area contributed by atoms with E-state index in [9.17, 15) is 9.59 Å². The number of hydrogen-bond donors (Lipinski definition) is 1. The van der Waals surface area contributed by atoms with E-state index in [2.05, 4.69) is 21.2 Å². The Bertz CT molecular complexity index is 863. The van der Waals surface area contributed by atoms with Crippen molar-refractivity contribution in [3.8, 4) is 5.75 Å². The summed E-state index contributed by atoms with van der Waals surface area (Å²) in [5.74, 6) is 0.148. The van der Waals surface area contributed by atoms with E-state index in [0.717, 1.165) is 4.47 Å². The molecule has 28 heavy (non-hydrogen) atoms. The second-order valence-electron chi connectivity index (χ2n) is 6.75. The Balaban J connectivity index is 1.78. The van der Waals surface area contributed by atoms with Gasteiger partial charge in [-0.2, -0.15) is 0 Å². The van der Waals surface area contributed by atoms with E-state index in [1.165, 1.54) is 0 Å². The molecule has 0 aromatic heterocycles. The third-order valence-electron chi connectivity index (χ3n) is 4.21. The number of amides is 2. The van der Waals surface area contributed by atoms with E-state index >= 15 is 0 Å². The summed E-state index contributed by atoms with van der Waals surface area (Å²) in [6, 6.07) is 12.3. The molecule has 1 heterocycles. The molecule has 1 N–H and O–H groups in total. The number of ether oxygens (including phenoxy) is 2. The molecule has 0 unspecified atom stereocenters. The van der Waals surface area contributed by atoms with Crippen LogP contribution in [0.2, 0.25) is 0 Å². The first-order valence-corrected chi connectivity index (χ1v) is 9.98. The van der Waals surface area contributed by atoms with Crippen LogP contribution in [0.1, 0.15) is 34.6 Å². The second kappa shape index (κ2) is 9.21. The Labute approximate surface area is 172 Å². The predicted molar refractivity (Wildman–Crippen MR) is 111 cm³/mol. The van der Waals surface area contributed by atoms with Crippen LogP contribution in [0.25, 0.3) is 0 Å². The molecule has 0 saturated carbocycles. The van der Waals surface area contributed by atoms with Crippen molar-refractivity contribution < 1.29 is 19.1 Å². The van der Waals surface area contributed by atoms with Crippen LogP contribution < -0.4 is 10.1 Å². The topological polar surface area (TPSA) is 67.9 Å². The number of benzene rings is 2. The SMILES string of the molecule is CC(C)Oc1ccc(Br)cc1C(=O)Nc1cccc(C(=O)N2CCOCC2)c1. The summed E-state index contributed by atoms with van der Waals surface area (Å²) in [6.45, 7) is 6.05. The van der Waals surface area contributed by atoms with Gasteiger partial charge in [0.2, 0.25) is 0 Å². The molecule has 0 bridgehead atoms.